The van der Waals surface area contributed by atoms with Crippen LogP contribution in [-0.2, 0) is 0 Å². The number of nitrogens with one attached hydrogen (secondary N) is 1. The maximum atomic E-state index is 13.3. The summed E-state index contributed by atoms with van der Waals surface area (Å²) in [7, 11) is 0. The zero-order valence-electron chi connectivity index (χ0n) is 15.8. The number of halogens is 1. The van der Waals surface area contributed by atoms with E-state index in [4.69, 9.17) is 0 Å². The molecule has 0 bridgehead atoms. The largest absolute Gasteiger partial charge is 0.329 e. The number of hydrogen-bond acceptors (Lipinski definition) is 5. The van der Waals surface area contributed by atoms with Gasteiger partial charge in [0, 0.05) is 17.8 Å². The first-order chi connectivity index (χ1) is 14.0. The van der Waals surface area contributed by atoms with Crippen molar-refractivity contribution in [3.8, 4) is 0 Å². The first-order valence-electron chi connectivity index (χ1n) is 9.29. The van der Waals surface area contributed by atoms with Crippen molar-refractivity contribution in [1.29, 1.82) is 0 Å². The Morgan fingerprint density at radius 1 is 1.17 bits per heavy atom. The third-order valence-corrected chi connectivity index (χ3v) is 5.84. The lowest BCUT2D eigenvalue weighted by Crippen LogP contribution is -2.30. The number of likely N-dealkylation sites (tertiary alicyclic amines) is 1. The van der Waals surface area contributed by atoms with Crippen molar-refractivity contribution in [1.82, 2.24) is 15.1 Å². The molecule has 3 aromatic rings. The van der Waals surface area contributed by atoms with E-state index in [0.717, 1.165) is 29.7 Å². The molecule has 2 heterocycles. The highest BCUT2D eigenvalue weighted by molar-refractivity contribution is 7.13. The van der Waals surface area contributed by atoms with Crippen molar-refractivity contribution in [3.63, 3.8) is 0 Å². The summed E-state index contributed by atoms with van der Waals surface area (Å²) in [6, 6.07) is 12.9. The molecule has 29 heavy (non-hydrogen) atoms. The van der Waals surface area contributed by atoms with E-state index in [-0.39, 0.29) is 17.0 Å². The lowest BCUT2D eigenvalue weighted by atomic mass is 10.1. The highest BCUT2D eigenvalue weighted by Gasteiger charge is 2.33. The van der Waals surface area contributed by atoms with E-state index in [1.807, 2.05) is 31.2 Å². The van der Waals surface area contributed by atoms with Crippen molar-refractivity contribution in [2.24, 2.45) is 0 Å². The molecular formula is C21H19FN4O2S. The van der Waals surface area contributed by atoms with E-state index in [1.165, 1.54) is 18.2 Å². The number of rotatable bonds is 4. The van der Waals surface area contributed by atoms with Crippen molar-refractivity contribution in [2.75, 3.05) is 11.9 Å². The summed E-state index contributed by atoms with van der Waals surface area (Å²) in [5.41, 5.74) is 2.08. The SMILES string of the molecule is Cc1ccc(C(=O)N2CCCC2c2nnc(C(=O)Nc3cccc(F)c3)s2)cc1. The Balaban J connectivity index is 1.49. The second kappa shape index (κ2) is 8.08. The van der Waals surface area contributed by atoms with E-state index < -0.39 is 11.7 Å². The highest BCUT2D eigenvalue weighted by atomic mass is 32.1. The number of nitrogens with zero attached hydrogens (tertiary/aromatic N) is 3. The Kier molecular flexibility index (Phi) is 5.35. The Labute approximate surface area is 171 Å². The molecule has 0 saturated carbocycles. The Morgan fingerprint density at radius 3 is 2.72 bits per heavy atom. The van der Waals surface area contributed by atoms with Crippen LogP contribution in [0.15, 0.2) is 48.5 Å². The second-order valence-electron chi connectivity index (χ2n) is 6.93. The topological polar surface area (TPSA) is 75.2 Å². The minimum atomic E-state index is -0.450. The summed E-state index contributed by atoms with van der Waals surface area (Å²) in [6.45, 7) is 2.62. The van der Waals surface area contributed by atoms with Gasteiger partial charge in [-0.2, -0.15) is 0 Å². The molecule has 2 amide bonds. The van der Waals surface area contributed by atoms with E-state index in [9.17, 15) is 14.0 Å². The van der Waals surface area contributed by atoms with Crippen molar-refractivity contribution >= 4 is 28.8 Å². The number of amides is 2. The zero-order valence-corrected chi connectivity index (χ0v) is 16.6. The number of carbonyl (C=O) groups is 2. The average molecular weight is 410 g/mol. The molecular weight excluding hydrogens is 391 g/mol. The maximum Gasteiger partial charge on any atom is 0.286 e. The van der Waals surface area contributed by atoms with Crippen LogP contribution in [0.2, 0.25) is 0 Å². The molecule has 4 rings (SSSR count). The predicted molar refractivity (Wildman–Crippen MR) is 108 cm³/mol. The van der Waals surface area contributed by atoms with Crippen LogP contribution in [0.1, 0.15) is 49.6 Å². The van der Waals surface area contributed by atoms with Crippen LogP contribution >= 0.6 is 11.3 Å². The fourth-order valence-electron chi connectivity index (χ4n) is 3.34. The highest BCUT2D eigenvalue weighted by Crippen LogP contribution is 2.34. The van der Waals surface area contributed by atoms with Gasteiger partial charge >= 0.3 is 0 Å². The number of carbonyl (C=O) groups excluding carboxylic acids is 2. The quantitative estimate of drug-likeness (QED) is 0.699. The van der Waals surface area contributed by atoms with Gasteiger partial charge in [-0.25, -0.2) is 4.39 Å². The minimum absolute atomic E-state index is 0.0477. The van der Waals surface area contributed by atoms with Crippen LogP contribution in [-0.4, -0.2) is 33.5 Å². The van der Waals surface area contributed by atoms with E-state index in [0.29, 0.717) is 22.8 Å². The summed E-state index contributed by atoms with van der Waals surface area (Å²) in [4.78, 5) is 27.1. The number of anilines is 1. The molecule has 1 aliphatic heterocycles. The lowest BCUT2D eigenvalue weighted by molar-refractivity contribution is 0.0735. The fourth-order valence-corrected chi connectivity index (χ4v) is 4.23. The molecule has 0 aliphatic carbocycles. The van der Waals surface area contributed by atoms with E-state index in [2.05, 4.69) is 15.5 Å². The summed E-state index contributed by atoms with van der Waals surface area (Å²) in [5.74, 6) is -0.931. The average Bonchev–Trinajstić information content (AvgIpc) is 3.37. The Hall–Kier alpha value is -3.13. The summed E-state index contributed by atoms with van der Waals surface area (Å²) < 4.78 is 13.3. The van der Waals surface area contributed by atoms with Gasteiger partial charge in [0.15, 0.2) is 0 Å². The van der Waals surface area contributed by atoms with Crippen LogP contribution in [0.5, 0.6) is 0 Å². The molecule has 6 nitrogen and oxygen atoms in total. The number of aryl methyl sites for hydroxylation is 1. The molecule has 0 spiro atoms. The standard InChI is InChI=1S/C21H19FN4O2S/c1-13-7-9-14(10-8-13)21(28)26-11-3-6-17(26)19-24-25-20(29-19)18(27)23-16-5-2-4-15(22)12-16/h2,4-5,7-10,12,17H,3,6,11H2,1H3,(H,23,27). The molecule has 1 N–H and O–H groups in total. The summed E-state index contributed by atoms with van der Waals surface area (Å²) in [5, 5.41) is 11.6. The van der Waals surface area contributed by atoms with Gasteiger partial charge in [0.25, 0.3) is 11.8 Å². The van der Waals surface area contributed by atoms with E-state index in [1.54, 1.807) is 11.0 Å². The van der Waals surface area contributed by atoms with Gasteiger partial charge in [0.05, 0.1) is 6.04 Å². The lowest BCUT2D eigenvalue weighted by Gasteiger charge is -2.22. The molecule has 1 unspecified atom stereocenters. The maximum absolute atomic E-state index is 13.3. The summed E-state index contributed by atoms with van der Waals surface area (Å²) >= 11 is 1.16. The fraction of sp³-hybridized carbons (Fsp3) is 0.238. The predicted octanol–water partition coefficient (Wildman–Crippen LogP) is 4.22. The minimum Gasteiger partial charge on any atom is -0.329 e. The second-order valence-corrected chi connectivity index (χ2v) is 7.94. The van der Waals surface area contributed by atoms with Crippen molar-refractivity contribution < 1.29 is 14.0 Å². The number of aromatic nitrogens is 2. The van der Waals surface area contributed by atoms with Crippen molar-refractivity contribution in [3.05, 3.63) is 75.5 Å². The van der Waals surface area contributed by atoms with Crippen LogP contribution in [0.3, 0.4) is 0 Å². The zero-order chi connectivity index (χ0) is 20.4. The van der Waals surface area contributed by atoms with Crippen LogP contribution in [0.25, 0.3) is 0 Å². The Morgan fingerprint density at radius 2 is 1.97 bits per heavy atom. The molecule has 1 fully saturated rings. The molecule has 148 valence electrons. The monoisotopic (exact) mass is 410 g/mol. The van der Waals surface area contributed by atoms with Gasteiger partial charge < -0.3 is 10.2 Å². The first kappa shape index (κ1) is 19.2. The Bertz CT molecular complexity index is 1050. The van der Waals surface area contributed by atoms with Gasteiger partial charge in [-0.15, -0.1) is 10.2 Å². The molecule has 1 aliphatic rings. The van der Waals surface area contributed by atoms with Crippen molar-refractivity contribution in [2.45, 2.75) is 25.8 Å². The summed E-state index contributed by atoms with van der Waals surface area (Å²) in [6.07, 6.45) is 1.64. The van der Waals surface area contributed by atoms with Gasteiger partial charge in [0.2, 0.25) is 5.01 Å². The first-order valence-corrected chi connectivity index (χ1v) is 10.1. The molecule has 2 aromatic carbocycles. The molecule has 8 heteroatoms. The van der Waals surface area contributed by atoms with E-state index >= 15 is 0 Å². The molecule has 0 radical (unpaired) electrons. The normalized spacial score (nSPS) is 16.1. The van der Waals surface area contributed by atoms with Crippen LogP contribution < -0.4 is 5.32 Å². The van der Waals surface area contributed by atoms with Gasteiger partial charge in [-0.05, 0) is 50.1 Å². The van der Waals surface area contributed by atoms with Crippen LogP contribution in [0, 0.1) is 12.7 Å². The van der Waals surface area contributed by atoms with Gasteiger partial charge in [-0.3, -0.25) is 9.59 Å². The molecule has 1 aromatic heterocycles. The number of benzene rings is 2. The smallest absolute Gasteiger partial charge is 0.286 e. The molecule has 1 saturated heterocycles. The third kappa shape index (κ3) is 4.17. The molecule has 1 atom stereocenters. The third-order valence-electron chi connectivity index (χ3n) is 4.81. The number of hydrogen-bond donors (Lipinski definition) is 1. The van der Waals surface area contributed by atoms with Gasteiger partial charge in [0.1, 0.15) is 10.8 Å². The van der Waals surface area contributed by atoms with Crippen LogP contribution in [0.4, 0.5) is 10.1 Å². The van der Waals surface area contributed by atoms with Gasteiger partial charge in [-0.1, -0.05) is 35.1 Å².